The van der Waals surface area contributed by atoms with Gasteiger partial charge < -0.3 is 0 Å². The Bertz CT molecular complexity index is 859. The molecular formula is C17H10Cl2INO2. The lowest BCUT2D eigenvalue weighted by Gasteiger charge is -2.17. The number of anilines is 1. The number of aryl methyl sites for hydroxylation is 1. The van der Waals surface area contributed by atoms with Crippen LogP contribution in [0, 0.1) is 10.5 Å². The monoisotopic (exact) mass is 457 g/mol. The van der Waals surface area contributed by atoms with Crippen molar-refractivity contribution >= 4 is 68.9 Å². The highest BCUT2D eigenvalue weighted by atomic mass is 127. The summed E-state index contributed by atoms with van der Waals surface area (Å²) in [4.78, 5) is 26.4. The fourth-order valence-electron chi connectivity index (χ4n) is 2.46. The number of carbonyl (C=O) groups excluding carboxylic acids is 2. The molecule has 0 aliphatic carbocycles. The van der Waals surface area contributed by atoms with E-state index in [-0.39, 0.29) is 10.6 Å². The molecule has 0 bridgehead atoms. The number of hydrogen-bond acceptors (Lipinski definition) is 2. The maximum Gasteiger partial charge on any atom is 0.277 e. The SMILES string of the molecule is Cc1cc(I)ccc1N1C(=O)C(Cl)=C(c2ccc(Cl)cc2)C1=O. The van der Waals surface area contributed by atoms with Crippen molar-refractivity contribution in [1.29, 1.82) is 0 Å². The number of imide groups is 1. The summed E-state index contributed by atoms with van der Waals surface area (Å²) in [5.41, 5.74) is 2.15. The second-order valence-electron chi connectivity index (χ2n) is 5.07. The number of benzene rings is 2. The van der Waals surface area contributed by atoms with E-state index < -0.39 is 11.8 Å². The van der Waals surface area contributed by atoms with Crippen molar-refractivity contribution in [3.63, 3.8) is 0 Å². The van der Waals surface area contributed by atoms with Gasteiger partial charge in [0, 0.05) is 8.59 Å². The van der Waals surface area contributed by atoms with Crippen LogP contribution in [0.1, 0.15) is 11.1 Å². The minimum atomic E-state index is -0.508. The Morgan fingerprint density at radius 2 is 1.61 bits per heavy atom. The van der Waals surface area contributed by atoms with Crippen molar-refractivity contribution in [2.24, 2.45) is 0 Å². The lowest BCUT2D eigenvalue weighted by atomic mass is 10.1. The second-order valence-corrected chi connectivity index (χ2v) is 7.13. The number of halogens is 3. The molecule has 2 amide bonds. The molecule has 0 saturated heterocycles. The first kappa shape index (κ1) is 16.5. The molecule has 2 aromatic rings. The third-order valence-electron chi connectivity index (χ3n) is 3.56. The molecule has 0 unspecified atom stereocenters. The van der Waals surface area contributed by atoms with Crippen LogP contribution in [0.25, 0.3) is 5.57 Å². The van der Waals surface area contributed by atoms with Crippen LogP contribution in [0.2, 0.25) is 5.02 Å². The fraction of sp³-hybridized carbons (Fsp3) is 0.0588. The summed E-state index contributed by atoms with van der Waals surface area (Å²) < 4.78 is 1.03. The minimum absolute atomic E-state index is 0.0738. The molecule has 6 heteroatoms. The van der Waals surface area contributed by atoms with Crippen LogP contribution >= 0.6 is 45.8 Å². The smallest absolute Gasteiger partial charge is 0.268 e. The summed E-state index contributed by atoms with van der Waals surface area (Å²) >= 11 is 14.2. The maximum absolute atomic E-state index is 12.8. The number of nitrogens with zero attached hydrogens (tertiary/aromatic N) is 1. The van der Waals surface area contributed by atoms with E-state index in [4.69, 9.17) is 23.2 Å². The van der Waals surface area contributed by atoms with Gasteiger partial charge in [0.1, 0.15) is 5.03 Å². The van der Waals surface area contributed by atoms with Crippen LogP contribution in [0.15, 0.2) is 47.5 Å². The molecule has 3 nitrogen and oxygen atoms in total. The highest BCUT2D eigenvalue weighted by Crippen LogP contribution is 2.36. The topological polar surface area (TPSA) is 37.4 Å². The van der Waals surface area contributed by atoms with Crippen molar-refractivity contribution in [1.82, 2.24) is 0 Å². The van der Waals surface area contributed by atoms with Crippen molar-refractivity contribution in [2.45, 2.75) is 6.92 Å². The quantitative estimate of drug-likeness (QED) is 0.481. The predicted molar refractivity (Wildman–Crippen MR) is 101 cm³/mol. The predicted octanol–water partition coefficient (Wildman–Crippen LogP) is 4.78. The largest absolute Gasteiger partial charge is 0.277 e. The summed E-state index contributed by atoms with van der Waals surface area (Å²) in [7, 11) is 0. The molecule has 0 aromatic heterocycles. The van der Waals surface area contributed by atoms with E-state index in [9.17, 15) is 9.59 Å². The zero-order valence-corrected chi connectivity index (χ0v) is 15.6. The van der Waals surface area contributed by atoms with Gasteiger partial charge in [-0.3, -0.25) is 9.59 Å². The van der Waals surface area contributed by atoms with E-state index in [1.165, 1.54) is 0 Å². The van der Waals surface area contributed by atoms with E-state index in [0.29, 0.717) is 16.3 Å². The van der Waals surface area contributed by atoms with Gasteiger partial charge in [0.2, 0.25) is 0 Å². The van der Waals surface area contributed by atoms with Gasteiger partial charge in [0.15, 0.2) is 0 Å². The Labute approximate surface area is 157 Å². The Morgan fingerprint density at radius 1 is 0.957 bits per heavy atom. The third-order valence-corrected chi connectivity index (χ3v) is 4.83. The highest BCUT2D eigenvalue weighted by Gasteiger charge is 2.39. The number of amides is 2. The average molecular weight is 458 g/mol. The van der Waals surface area contributed by atoms with Crippen molar-refractivity contribution in [3.05, 3.63) is 67.2 Å². The molecule has 0 radical (unpaired) electrons. The summed E-state index contributed by atoms with van der Waals surface area (Å²) in [5, 5.41) is 0.475. The summed E-state index contributed by atoms with van der Waals surface area (Å²) in [5.74, 6) is -0.933. The van der Waals surface area contributed by atoms with E-state index in [2.05, 4.69) is 22.6 Å². The Morgan fingerprint density at radius 3 is 2.22 bits per heavy atom. The van der Waals surface area contributed by atoms with Crippen LogP contribution in [0.3, 0.4) is 0 Å². The summed E-state index contributed by atoms with van der Waals surface area (Å²) in [6.45, 7) is 1.85. The standard InChI is InChI=1S/C17H10Cl2INO2/c1-9-8-12(20)6-7-13(9)21-16(22)14(15(19)17(21)23)10-2-4-11(18)5-3-10/h2-8H,1H3. The number of rotatable bonds is 2. The molecule has 1 aliphatic heterocycles. The molecule has 0 fully saturated rings. The van der Waals surface area contributed by atoms with Crippen molar-refractivity contribution in [2.75, 3.05) is 4.90 Å². The van der Waals surface area contributed by atoms with Crippen molar-refractivity contribution < 1.29 is 9.59 Å². The zero-order valence-electron chi connectivity index (χ0n) is 11.9. The van der Waals surface area contributed by atoms with Gasteiger partial charge in [-0.2, -0.15) is 0 Å². The highest BCUT2D eigenvalue weighted by molar-refractivity contribution is 14.1. The van der Waals surface area contributed by atoms with Crippen LogP contribution in [0.5, 0.6) is 0 Å². The normalized spacial score (nSPS) is 14.9. The van der Waals surface area contributed by atoms with Gasteiger partial charge in [0.25, 0.3) is 11.8 Å². The van der Waals surface area contributed by atoms with E-state index in [1.54, 1.807) is 30.3 Å². The van der Waals surface area contributed by atoms with Crippen LogP contribution in [0.4, 0.5) is 5.69 Å². The van der Waals surface area contributed by atoms with Gasteiger partial charge in [-0.1, -0.05) is 35.3 Å². The molecule has 0 atom stereocenters. The van der Waals surface area contributed by atoms with Crippen LogP contribution in [-0.4, -0.2) is 11.8 Å². The molecule has 2 aromatic carbocycles. The van der Waals surface area contributed by atoms with E-state index in [0.717, 1.165) is 14.0 Å². The molecule has 0 spiro atoms. The maximum atomic E-state index is 12.8. The van der Waals surface area contributed by atoms with Crippen LogP contribution < -0.4 is 4.90 Å². The molecule has 1 aliphatic rings. The molecule has 1 heterocycles. The average Bonchev–Trinajstić information content (AvgIpc) is 2.72. The summed E-state index contributed by atoms with van der Waals surface area (Å²) in [6, 6.07) is 12.2. The van der Waals surface area contributed by atoms with E-state index >= 15 is 0 Å². The Kier molecular flexibility index (Phi) is 4.49. The van der Waals surface area contributed by atoms with Gasteiger partial charge in [-0.05, 0) is 71.0 Å². The molecule has 23 heavy (non-hydrogen) atoms. The summed E-state index contributed by atoms with van der Waals surface area (Å²) in [6.07, 6.45) is 0. The van der Waals surface area contributed by atoms with Crippen molar-refractivity contribution in [3.8, 4) is 0 Å². The van der Waals surface area contributed by atoms with Gasteiger partial charge >= 0.3 is 0 Å². The Balaban J connectivity index is 2.07. The van der Waals surface area contributed by atoms with Gasteiger partial charge in [0.05, 0.1) is 11.3 Å². The molecule has 116 valence electrons. The number of carbonyl (C=O) groups is 2. The molecule has 3 rings (SSSR count). The lowest BCUT2D eigenvalue weighted by Crippen LogP contribution is -2.31. The molecular weight excluding hydrogens is 448 g/mol. The van der Waals surface area contributed by atoms with Gasteiger partial charge in [-0.25, -0.2) is 4.90 Å². The van der Waals surface area contributed by atoms with Crippen LogP contribution in [-0.2, 0) is 9.59 Å². The second kappa shape index (κ2) is 6.26. The Hall–Kier alpha value is -1.37. The first-order valence-electron chi connectivity index (χ1n) is 6.71. The zero-order chi connectivity index (χ0) is 16.7. The number of hydrogen-bond donors (Lipinski definition) is 0. The lowest BCUT2D eigenvalue weighted by molar-refractivity contribution is -0.119. The first-order chi connectivity index (χ1) is 10.9. The molecule has 0 N–H and O–H groups in total. The van der Waals surface area contributed by atoms with Gasteiger partial charge in [-0.15, -0.1) is 0 Å². The third kappa shape index (κ3) is 2.91. The first-order valence-corrected chi connectivity index (χ1v) is 8.54. The van der Waals surface area contributed by atoms with E-state index in [1.807, 2.05) is 19.1 Å². The minimum Gasteiger partial charge on any atom is -0.268 e. The molecule has 0 saturated carbocycles. The fourth-order valence-corrected chi connectivity index (χ4v) is 3.51.